The number of benzene rings is 1. The van der Waals surface area contributed by atoms with E-state index in [4.69, 9.17) is 23.0 Å². The minimum atomic E-state index is -2.74. The molecule has 0 bridgehead atoms. The summed E-state index contributed by atoms with van der Waals surface area (Å²) in [5.74, 6) is -1.45. The largest absolute Gasteiger partial charge is 0.593 e. The van der Waals surface area contributed by atoms with Crippen molar-refractivity contribution in [3.8, 4) is 0 Å². The number of nitrogens with zero attached hydrogens (tertiary/aromatic N) is 3. The average Bonchev–Trinajstić information content (AvgIpc) is 3.52. The van der Waals surface area contributed by atoms with Crippen LogP contribution >= 0.6 is 0 Å². The molecule has 1 aliphatic heterocycles. The van der Waals surface area contributed by atoms with Crippen LogP contribution in [0.25, 0.3) is 0 Å². The van der Waals surface area contributed by atoms with Gasteiger partial charge in [-0.05, 0) is 49.9 Å². The lowest BCUT2D eigenvalue weighted by Crippen LogP contribution is -2.48. The number of carbonyl (C=O) groups excluding carboxylic acids is 1. The summed E-state index contributed by atoms with van der Waals surface area (Å²) in [6.45, 7) is 0. The number of fused-ring (bicyclic) bond motifs is 2. The summed E-state index contributed by atoms with van der Waals surface area (Å²) < 4.78 is 14.0. The lowest BCUT2D eigenvalue weighted by Gasteiger charge is -2.31. The first-order valence-electron chi connectivity index (χ1n) is 10.8. The molecule has 1 atom stereocenters. The first kappa shape index (κ1) is 21.7. The van der Waals surface area contributed by atoms with Gasteiger partial charge in [0.25, 0.3) is 0 Å². The minimum absolute atomic E-state index is 0.175. The maximum absolute atomic E-state index is 13.3. The van der Waals surface area contributed by atoms with E-state index in [9.17, 15) is 9.35 Å². The van der Waals surface area contributed by atoms with Crippen molar-refractivity contribution in [2.24, 2.45) is 0 Å². The molecule has 1 amide bonds. The fourth-order valence-corrected chi connectivity index (χ4v) is 5.44. The highest BCUT2D eigenvalue weighted by atomic mass is 32.2. The lowest BCUT2D eigenvalue weighted by atomic mass is 9.94. The van der Waals surface area contributed by atoms with Gasteiger partial charge in [0.15, 0.2) is 12.7 Å². The zero-order chi connectivity index (χ0) is 22.5. The lowest BCUT2D eigenvalue weighted by molar-refractivity contribution is -0.120. The van der Waals surface area contributed by atoms with Crippen LogP contribution in [0.3, 0.4) is 0 Å². The van der Waals surface area contributed by atoms with Crippen LogP contribution in [0.2, 0.25) is 0 Å². The molecule has 9 nitrogen and oxygen atoms in total. The zero-order valence-electron chi connectivity index (χ0n) is 17.5. The van der Waals surface area contributed by atoms with Crippen LogP contribution < -0.4 is 14.9 Å². The molecule has 166 valence electrons. The molecule has 0 saturated heterocycles. The van der Waals surface area contributed by atoms with E-state index in [1.54, 1.807) is 30.5 Å². The van der Waals surface area contributed by atoms with Crippen LogP contribution in [0, 0.1) is 0 Å². The first-order valence-corrected chi connectivity index (χ1v) is 11.9. The third-order valence-electron chi connectivity index (χ3n) is 6.40. The van der Waals surface area contributed by atoms with Gasteiger partial charge in [-0.25, -0.2) is 4.98 Å². The van der Waals surface area contributed by atoms with Crippen molar-refractivity contribution >= 4 is 42.6 Å². The Bertz CT molecular complexity index is 1020. The second-order valence-electron chi connectivity index (χ2n) is 8.73. The Labute approximate surface area is 190 Å². The number of carbonyl (C=O) groups is 1. The van der Waals surface area contributed by atoms with Gasteiger partial charge >= 0.3 is 0 Å². The Morgan fingerprint density at radius 3 is 2.50 bits per heavy atom. The third kappa shape index (κ3) is 3.99. The number of hydrogen-bond donors (Lipinski definition) is 4. The van der Waals surface area contributed by atoms with E-state index in [1.165, 1.54) is 6.42 Å². The Morgan fingerprint density at radius 1 is 1.19 bits per heavy atom. The van der Waals surface area contributed by atoms with Crippen molar-refractivity contribution in [1.82, 2.24) is 14.7 Å². The van der Waals surface area contributed by atoms with Crippen molar-refractivity contribution in [2.45, 2.75) is 67.1 Å². The van der Waals surface area contributed by atoms with Crippen molar-refractivity contribution in [3.05, 3.63) is 36.0 Å². The summed E-state index contributed by atoms with van der Waals surface area (Å²) in [5, 5.41) is 21.4. The average molecular weight is 453 g/mol. The van der Waals surface area contributed by atoms with Gasteiger partial charge in [-0.15, -0.1) is 0 Å². The second kappa shape index (κ2) is 8.00. The number of rotatable bonds is 6. The number of aromatic nitrogens is 2. The van der Waals surface area contributed by atoms with Gasteiger partial charge in [0, 0.05) is 23.5 Å². The highest BCUT2D eigenvalue weighted by Crippen LogP contribution is 2.57. The van der Waals surface area contributed by atoms with E-state index in [0.29, 0.717) is 16.5 Å². The minimum Gasteiger partial charge on any atom is -0.593 e. The summed E-state index contributed by atoms with van der Waals surface area (Å²) in [6, 6.07) is 6.66. The fourth-order valence-electron chi connectivity index (χ4n) is 4.67. The maximum Gasteiger partial charge on any atom is 0.239 e. The van der Waals surface area contributed by atoms with E-state index in [2.05, 4.69) is 10.3 Å². The quantitative estimate of drug-likeness (QED) is 0.292. The molecule has 2 fully saturated rings. The first-order chi connectivity index (χ1) is 15.3. The number of aliphatic hydroxyl groups is 2. The van der Waals surface area contributed by atoms with Gasteiger partial charge in [0.2, 0.25) is 17.7 Å². The Balaban J connectivity index is 1.36. The van der Waals surface area contributed by atoms with E-state index in [-0.39, 0.29) is 11.9 Å². The van der Waals surface area contributed by atoms with Gasteiger partial charge in [-0.2, -0.15) is 4.98 Å². The van der Waals surface area contributed by atoms with E-state index >= 15 is 0 Å². The van der Waals surface area contributed by atoms with Crippen LogP contribution in [-0.2, 0) is 21.6 Å². The molecule has 4 N–H and O–H groups in total. The van der Waals surface area contributed by atoms with Crippen molar-refractivity contribution in [2.75, 3.05) is 10.2 Å². The molecule has 3 aliphatic rings. The summed E-state index contributed by atoms with van der Waals surface area (Å²) >= 11 is -1.90. The normalized spacial score (nSPS) is 21.0. The van der Waals surface area contributed by atoms with Crippen LogP contribution in [-0.4, -0.2) is 50.3 Å². The fraction of sp³-hybridized carbons (Fsp3) is 0.476. The van der Waals surface area contributed by atoms with E-state index in [1.807, 2.05) is 9.62 Å². The highest BCUT2D eigenvalue weighted by molar-refractivity contribution is 7.89. The smallest absolute Gasteiger partial charge is 0.239 e. The summed E-state index contributed by atoms with van der Waals surface area (Å²) in [4.78, 5) is 24.7. The number of nitrogens with one attached hydrogen (secondary N) is 2. The molecule has 1 spiro atoms. The van der Waals surface area contributed by atoms with Crippen LogP contribution in [0.4, 0.5) is 17.5 Å². The van der Waals surface area contributed by atoms with Crippen molar-refractivity contribution in [3.63, 3.8) is 0 Å². The molecular formula is C21H24BN5O4S. The molecular weight excluding hydrogens is 429 g/mol. The van der Waals surface area contributed by atoms with Crippen molar-refractivity contribution in [1.29, 1.82) is 0 Å². The molecule has 32 heavy (non-hydrogen) atoms. The SMILES string of the molecule is [B]C(O)(O)N[S+]([O-])c1ccc(Nc2ncc3c(n2)N(C2CCCCC2)C(=O)C32CC2)cc1. The number of amides is 1. The van der Waals surface area contributed by atoms with Gasteiger partial charge in [0.1, 0.15) is 5.82 Å². The zero-order valence-corrected chi connectivity index (χ0v) is 18.3. The molecule has 2 aromatic rings. The van der Waals surface area contributed by atoms with Gasteiger partial charge in [-0.3, -0.25) is 9.69 Å². The van der Waals surface area contributed by atoms with E-state index < -0.39 is 22.6 Å². The highest BCUT2D eigenvalue weighted by Gasteiger charge is 2.61. The van der Waals surface area contributed by atoms with Crippen LogP contribution in [0.1, 0.15) is 50.5 Å². The summed E-state index contributed by atoms with van der Waals surface area (Å²) in [7, 11) is 5.00. The summed E-state index contributed by atoms with van der Waals surface area (Å²) in [5.41, 5.74) is 1.18. The Kier molecular flexibility index (Phi) is 5.41. The third-order valence-corrected chi connectivity index (χ3v) is 7.58. The summed E-state index contributed by atoms with van der Waals surface area (Å²) in [6.07, 6.45) is 8.98. The molecule has 1 aromatic heterocycles. The predicted octanol–water partition coefficient (Wildman–Crippen LogP) is 1.31. The molecule has 2 radical (unpaired) electrons. The van der Waals surface area contributed by atoms with Crippen LogP contribution in [0.15, 0.2) is 35.4 Å². The molecule has 1 unspecified atom stereocenters. The second-order valence-corrected chi connectivity index (χ2v) is 9.94. The maximum atomic E-state index is 13.3. The molecule has 2 aliphatic carbocycles. The Hall–Kier alpha value is -2.18. The molecule has 11 heteroatoms. The monoisotopic (exact) mass is 453 g/mol. The topological polar surface area (TPSA) is 134 Å². The Morgan fingerprint density at radius 2 is 1.88 bits per heavy atom. The molecule has 1 aromatic carbocycles. The van der Waals surface area contributed by atoms with Gasteiger partial charge in [-0.1, -0.05) is 24.0 Å². The van der Waals surface area contributed by atoms with Crippen molar-refractivity contribution < 1.29 is 19.6 Å². The molecule has 2 saturated carbocycles. The molecule has 2 heterocycles. The van der Waals surface area contributed by atoms with Gasteiger partial charge < -0.3 is 20.1 Å². The molecule has 5 rings (SSSR count). The van der Waals surface area contributed by atoms with Gasteiger partial charge in [0.05, 0.1) is 16.8 Å². The van der Waals surface area contributed by atoms with E-state index in [0.717, 1.165) is 49.9 Å². The number of hydrogen-bond acceptors (Lipinski definition) is 8. The standard InChI is InChI=1S/C21H24BN5O4S/c22-21(29,30)26-32(31)15-8-6-13(7-9-15)24-19-23-12-16-17(25-19)27(14-4-2-1-3-5-14)18(28)20(16)10-11-20/h6-9,12,14,26,29-30H,1-5,10-11H2,(H,23,24,25). The predicted molar refractivity (Wildman–Crippen MR) is 119 cm³/mol. The van der Waals surface area contributed by atoms with Crippen LogP contribution in [0.5, 0.6) is 0 Å². The number of anilines is 3.